The first-order chi connectivity index (χ1) is 18.7. The molecule has 0 radical (unpaired) electrons. The van der Waals surface area contributed by atoms with Crippen LogP contribution in [0.2, 0.25) is 0 Å². The summed E-state index contributed by atoms with van der Waals surface area (Å²) in [7, 11) is 1.43. The molecule has 0 aliphatic carbocycles. The van der Waals surface area contributed by atoms with E-state index in [-0.39, 0.29) is 17.4 Å². The van der Waals surface area contributed by atoms with Crippen molar-refractivity contribution in [3.8, 4) is 5.88 Å². The Kier molecular flexibility index (Phi) is 8.30. The van der Waals surface area contributed by atoms with Crippen LogP contribution in [0.1, 0.15) is 63.0 Å². The van der Waals surface area contributed by atoms with E-state index in [1.807, 2.05) is 20.8 Å². The van der Waals surface area contributed by atoms with E-state index in [0.29, 0.717) is 18.7 Å². The number of likely N-dealkylation sites (tertiary alicyclic amines) is 1. The molecule has 0 aromatic carbocycles. The van der Waals surface area contributed by atoms with Gasteiger partial charge in [0.15, 0.2) is 0 Å². The molecule has 2 fully saturated rings. The van der Waals surface area contributed by atoms with Gasteiger partial charge in [0.05, 0.1) is 30.5 Å². The van der Waals surface area contributed by atoms with Crippen LogP contribution in [0.3, 0.4) is 0 Å². The minimum absolute atomic E-state index is 0.0770. The number of carbonyl (C=O) groups excluding carboxylic acids is 1. The third-order valence-corrected chi connectivity index (χ3v) is 7.48. The number of carbonyl (C=O) groups is 2. The number of ether oxygens (including phenoxy) is 2. The molecular formula is C28H35F3N4O5. The molecule has 4 heterocycles. The zero-order valence-corrected chi connectivity index (χ0v) is 23.2. The van der Waals surface area contributed by atoms with Crippen LogP contribution in [-0.4, -0.2) is 63.8 Å². The number of hydrogen-bond donors (Lipinski definition) is 2. The van der Waals surface area contributed by atoms with Gasteiger partial charge >= 0.3 is 12.1 Å². The summed E-state index contributed by atoms with van der Waals surface area (Å²) < 4.78 is 52.1. The number of aromatic nitrogens is 2. The molecule has 2 aliphatic heterocycles. The highest BCUT2D eigenvalue weighted by Gasteiger charge is 2.59. The Morgan fingerprint density at radius 2 is 1.88 bits per heavy atom. The van der Waals surface area contributed by atoms with Gasteiger partial charge in [0, 0.05) is 24.3 Å². The lowest BCUT2D eigenvalue weighted by atomic mass is 9.73. The summed E-state index contributed by atoms with van der Waals surface area (Å²) in [4.78, 5) is 37.1. The maximum absolute atomic E-state index is 14.1. The van der Waals surface area contributed by atoms with E-state index in [1.54, 1.807) is 18.2 Å². The molecule has 0 bridgehead atoms. The number of carboxylic acids is 1. The van der Waals surface area contributed by atoms with E-state index in [4.69, 9.17) is 9.47 Å². The number of anilines is 1. The lowest BCUT2D eigenvalue weighted by Crippen LogP contribution is -2.51. The van der Waals surface area contributed by atoms with Gasteiger partial charge in [-0.2, -0.15) is 13.2 Å². The Hall–Kier alpha value is -3.41. The van der Waals surface area contributed by atoms with Crippen molar-refractivity contribution in [1.82, 2.24) is 14.9 Å². The number of nitrogens with one attached hydrogen (secondary N) is 1. The number of aliphatic carboxylic acids is 1. The number of halogens is 3. The Bertz CT molecular complexity index is 1240. The third-order valence-electron chi connectivity index (χ3n) is 7.48. The molecule has 5 unspecified atom stereocenters. The van der Waals surface area contributed by atoms with Crippen LogP contribution in [-0.2, 0) is 20.5 Å². The molecule has 0 spiro atoms. The molecule has 9 nitrogen and oxygen atoms in total. The average molecular weight is 565 g/mol. The van der Waals surface area contributed by atoms with Crippen molar-refractivity contribution < 1.29 is 37.3 Å². The predicted octanol–water partition coefficient (Wildman–Crippen LogP) is 4.86. The van der Waals surface area contributed by atoms with Crippen molar-refractivity contribution in [3.63, 3.8) is 0 Å². The number of alkyl halides is 3. The molecule has 40 heavy (non-hydrogen) atoms. The molecule has 218 valence electrons. The minimum atomic E-state index is -4.61. The third kappa shape index (κ3) is 6.01. The van der Waals surface area contributed by atoms with Crippen molar-refractivity contribution in [1.29, 1.82) is 0 Å². The summed E-state index contributed by atoms with van der Waals surface area (Å²) in [6.07, 6.45) is -3.46. The highest BCUT2D eigenvalue weighted by Crippen LogP contribution is 2.49. The molecule has 2 aliphatic rings. The number of nitrogens with zero attached hydrogens (tertiary/aromatic N) is 3. The van der Waals surface area contributed by atoms with Gasteiger partial charge in [0.25, 0.3) is 5.91 Å². The molecule has 12 heteroatoms. The normalized spacial score (nSPS) is 25.5. The number of aryl methyl sites for hydroxylation is 1. The van der Waals surface area contributed by atoms with E-state index < -0.39 is 59.2 Å². The molecule has 0 saturated carbocycles. The van der Waals surface area contributed by atoms with Gasteiger partial charge in [0.1, 0.15) is 18.0 Å². The van der Waals surface area contributed by atoms with Crippen LogP contribution in [0.15, 0.2) is 30.3 Å². The molecule has 4 rings (SSSR count). The van der Waals surface area contributed by atoms with Crippen LogP contribution in [0.4, 0.5) is 19.0 Å². The maximum atomic E-state index is 14.1. The van der Waals surface area contributed by atoms with Crippen molar-refractivity contribution in [3.05, 3.63) is 47.3 Å². The highest BCUT2D eigenvalue weighted by molar-refractivity contribution is 5.88. The summed E-state index contributed by atoms with van der Waals surface area (Å²) in [6.45, 7) is 7.35. The quantitative estimate of drug-likeness (QED) is 0.512. The second-order valence-corrected chi connectivity index (χ2v) is 11.4. The van der Waals surface area contributed by atoms with E-state index in [0.717, 1.165) is 25.0 Å². The topological polar surface area (TPSA) is 114 Å². The number of hydrogen-bond acceptors (Lipinski definition) is 7. The van der Waals surface area contributed by atoms with Gasteiger partial charge in [0.2, 0.25) is 5.88 Å². The number of pyridine rings is 2. The first-order valence-corrected chi connectivity index (χ1v) is 13.2. The summed E-state index contributed by atoms with van der Waals surface area (Å²) >= 11 is 0. The SMILES string of the molecule is COc1cccc(C2C(Nc3cc(C(F)(F)F)cc(C)n3)C(C(C)(C)C)C(C(=O)O)N2C(=O)C2CCCCO2)n1. The van der Waals surface area contributed by atoms with Crippen molar-refractivity contribution >= 4 is 17.7 Å². The molecule has 2 saturated heterocycles. The Labute approximate surface area is 231 Å². The predicted molar refractivity (Wildman–Crippen MR) is 140 cm³/mol. The van der Waals surface area contributed by atoms with Crippen molar-refractivity contribution in [2.24, 2.45) is 11.3 Å². The van der Waals surface area contributed by atoms with Gasteiger partial charge in [-0.1, -0.05) is 26.8 Å². The van der Waals surface area contributed by atoms with E-state index in [1.165, 1.54) is 18.9 Å². The first-order valence-electron chi connectivity index (χ1n) is 13.2. The van der Waals surface area contributed by atoms with Gasteiger partial charge in [-0.3, -0.25) is 4.79 Å². The zero-order valence-electron chi connectivity index (χ0n) is 23.2. The van der Waals surface area contributed by atoms with Crippen molar-refractivity contribution in [2.45, 2.75) is 77.4 Å². The van der Waals surface area contributed by atoms with Gasteiger partial charge in [-0.15, -0.1) is 0 Å². The molecule has 5 atom stereocenters. The van der Waals surface area contributed by atoms with Crippen LogP contribution in [0.25, 0.3) is 0 Å². The monoisotopic (exact) mass is 564 g/mol. The fraction of sp³-hybridized carbons (Fsp3) is 0.571. The van der Waals surface area contributed by atoms with Crippen LogP contribution in [0, 0.1) is 18.3 Å². The minimum Gasteiger partial charge on any atom is -0.481 e. The van der Waals surface area contributed by atoms with Gasteiger partial charge in [-0.05, 0) is 49.8 Å². The molecule has 2 N–H and O–H groups in total. The zero-order chi connectivity index (χ0) is 29.4. The molecular weight excluding hydrogens is 529 g/mol. The van der Waals surface area contributed by atoms with Crippen molar-refractivity contribution in [2.75, 3.05) is 19.0 Å². The van der Waals surface area contributed by atoms with E-state index in [9.17, 15) is 27.9 Å². The number of rotatable bonds is 6. The smallest absolute Gasteiger partial charge is 0.416 e. The first kappa shape index (κ1) is 29.6. The number of methoxy groups -OCH3 is 1. The number of amides is 1. The molecule has 2 aromatic heterocycles. The summed E-state index contributed by atoms with van der Waals surface area (Å²) in [5.41, 5.74) is -1.13. The highest BCUT2D eigenvalue weighted by atomic mass is 19.4. The van der Waals surface area contributed by atoms with E-state index >= 15 is 0 Å². The maximum Gasteiger partial charge on any atom is 0.416 e. The lowest BCUT2D eigenvalue weighted by Gasteiger charge is -2.36. The summed E-state index contributed by atoms with van der Waals surface area (Å²) in [5.74, 6) is -2.31. The summed E-state index contributed by atoms with van der Waals surface area (Å²) in [5, 5.41) is 13.7. The average Bonchev–Trinajstić information content (AvgIpc) is 3.23. The van der Waals surface area contributed by atoms with E-state index in [2.05, 4.69) is 15.3 Å². The van der Waals surface area contributed by atoms with Crippen LogP contribution >= 0.6 is 0 Å². The Morgan fingerprint density at radius 1 is 1.15 bits per heavy atom. The second kappa shape index (κ2) is 11.2. The largest absolute Gasteiger partial charge is 0.481 e. The summed E-state index contributed by atoms with van der Waals surface area (Å²) in [6, 6.07) is 3.61. The van der Waals surface area contributed by atoms with Gasteiger partial charge < -0.3 is 24.8 Å². The fourth-order valence-corrected chi connectivity index (χ4v) is 5.85. The molecule has 2 aromatic rings. The fourth-order valence-electron chi connectivity index (χ4n) is 5.85. The molecule has 1 amide bonds. The van der Waals surface area contributed by atoms with Crippen LogP contribution < -0.4 is 10.1 Å². The Morgan fingerprint density at radius 3 is 2.45 bits per heavy atom. The van der Waals surface area contributed by atoms with Crippen LogP contribution in [0.5, 0.6) is 5.88 Å². The standard InChI is InChI=1S/C28H35F3N4O5/c1-15-13-16(28(29,30)31)14-19(32-15)34-22-21(27(2,3)4)24(26(37)38)35(25(36)18-10-6-7-12-40-18)23(22)17-9-8-11-20(33-17)39-5/h8-9,11,13-14,18,21-24H,6-7,10,12H2,1-5H3,(H,32,34)(H,37,38). The van der Waals surface area contributed by atoms with Gasteiger partial charge in [-0.25, -0.2) is 14.8 Å². The number of carboxylic acid groups (broad SMARTS) is 1. The lowest BCUT2D eigenvalue weighted by molar-refractivity contribution is -0.159. The second-order valence-electron chi connectivity index (χ2n) is 11.4. The Balaban J connectivity index is 1.91.